The van der Waals surface area contributed by atoms with E-state index < -0.39 is 17.3 Å². The Morgan fingerprint density at radius 3 is 2.56 bits per heavy atom. The molecule has 1 fully saturated rings. The van der Waals surface area contributed by atoms with E-state index in [1.54, 1.807) is 6.92 Å². The number of carboxylic acid groups (broad SMARTS) is 1. The monoisotopic (exact) mass is 278 g/mol. The van der Waals surface area contributed by atoms with Gasteiger partial charge in [0.2, 0.25) is 0 Å². The van der Waals surface area contributed by atoms with Gasteiger partial charge in [-0.1, -0.05) is 23.2 Å². The Morgan fingerprint density at radius 1 is 1.56 bits per heavy atom. The number of hydrogen-bond acceptors (Lipinski definition) is 3. The molecule has 6 heteroatoms. The van der Waals surface area contributed by atoms with Gasteiger partial charge in [0.05, 0.1) is 15.3 Å². The van der Waals surface area contributed by atoms with E-state index in [2.05, 4.69) is 0 Å². The first-order valence-corrected chi connectivity index (χ1v) is 6.16. The van der Waals surface area contributed by atoms with E-state index in [1.807, 2.05) is 0 Å². The maximum atomic E-state index is 11.9. The first-order chi connectivity index (χ1) is 7.36. The quantitative estimate of drug-likeness (QED) is 0.863. The molecule has 0 radical (unpaired) electrons. The molecule has 3 nitrogen and oxygen atoms in total. The molecular formula is C10H8Cl2O3S. The van der Waals surface area contributed by atoms with Crippen LogP contribution in [0.2, 0.25) is 9.36 Å². The number of Topliss-reactive ketones (excluding diaryl/α,β-unsaturated/α-hetero) is 1. The highest BCUT2D eigenvalue weighted by Crippen LogP contribution is 2.54. The fourth-order valence-electron chi connectivity index (χ4n) is 1.62. The molecule has 2 rings (SSSR count). The van der Waals surface area contributed by atoms with Crippen molar-refractivity contribution in [2.24, 2.45) is 11.3 Å². The van der Waals surface area contributed by atoms with Crippen LogP contribution in [0.5, 0.6) is 0 Å². The van der Waals surface area contributed by atoms with E-state index in [1.165, 1.54) is 6.07 Å². The van der Waals surface area contributed by atoms with Crippen LogP contribution in [0.25, 0.3) is 0 Å². The Morgan fingerprint density at radius 2 is 2.19 bits per heavy atom. The number of carbonyl (C=O) groups excluding carboxylic acids is 1. The van der Waals surface area contributed by atoms with Crippen LogP contribution in [0, 0.1) is 11.3 Å². The Kier molecular flexibility index (Phi) is 2.77. The maximum Gasteiger partial charge on any atom is 0.310 e. The third-order valence-corrected chi connectivity index (χ3v) is 4.81. The third kappa shape index (κ3) is 1.75. The standard InChI is InChI=1S/C10H8Cl2O3S/c1-10(9(14)15)3-4(10)7(13)6-2-5(11)8(12)16-6/h2,4H,3H2,1H3,(H,14,15). The van der Waals surface area contributed by atoms with Gasteiger partial charge < -0.3 is 5.11 Å². The molecule has 16 heavy (non-hydrogen) atoms. The van der Waals surface area contributed by atoms with Gasteiger partial charge in [0.25, 0.3) is 0 Å². The van der Waals surface area contributed by atoms with E-state index in [4.69, 9.17) is 28.3 Å². The summed E-state index contributed by atoms with van der Waals surface area (Å²) in [6.07, 6.45) is 0.383. The van der Waals surface area contributed by atoms with Crippen molar-refractivity contribution in [3.05, 3.63) is 20.3 Å². The summed E-state index contributed by atoms with van der Waals surface area (Å²) in [6.45, 7) is 1.58. The molecule has 1 aromatic rings. The summed E-state index contributed by atoms with van der Waals surface area (Å²) in [4.78, 5) is 23.3. The number of thiophene rings is 1. The molecule has 1 N–H and O–H groups in total. The van der Waals surface area contributed by atoms with E-state index in [0.29, 0.717) is 20.7 Å². The number of halogens is 2. The lowest BCUT2D eigenvalue weighted by atomic mass is 10.0. The minimum Gasteiger partial charge on any atom is -0.481 e. The van der Waals surface area contributed by atoms with Crippen LogP contribution in [0.1, 0.15) is 23.0 Å². The molecule has 0 aromatic carbocycles. The zero-order chi connectivity index (χ0) is 12.1. The van der Waals surface area contributed by atoms with Gasteiger partial charge in [-0.15, -0.1) is 11.3 Å². The molecule has 1 aliphatic carbocycles. The summed E-state index contributed by atoms with van der Waals surface area (Å²) >= 11 is 12.6. The smallest absolute Gasteiger partial charge is 0.310 e. The second-order valence-electron chi connectivity index (χ2n) is 4.08. The molecule has 0 bridgehead atoms. The van der Waals surface area contributed by atoms with Crippen LogP contribution in [-0.2, 0) is 4.79 Å². The average Bonchev–Trinajstić information content (AvgIpc) is 2.79. The molecule has 0 amide bonds. The average molecular weight is 279 g/mol. The topological polar surface area (TPSA) is 54.4 Å². The third-order valence-electron chi connectivity index (χ3n) is 2.93. The lowest BCUT2D eigenvalue weighted by Gasteiger charge is -2.02. The first kappa shape index (κ1) is 11.9. The number of rotatable bonds is 3. The minimum atomic E-state index is -0.931. The largest absolute Gasteiger partial charge is 0.481 e. The lowest BCUT2D eigenvalue weighted by Crippen LogP contribution is -2.16. The number of carboxylic acids is 1. The molecule has 2 atom stereocenters. The fourth-order valence-corrected chi connectivity index (χ4v) is 2.99. The normalized spacial score (nSPS) is 27.8. The molecule has 1 heterocycles. The summed E-state index contributed by atoms with van der Waals surface area (Å²) in [5.74, 6) is -1.56. The van der Waals surface area contributed by atoms with Gasteiger partial charge in [-0.05, 0) is 19.4 Å². The van der Waals surface area contributed by atoms with Gasteiger partial charge in [0.1, 0.15) is 4.34 Å². The van der Waals surface area contributed by atoms with Crippen molar-refractivity contribution in [1.29, 1.82) is 0 Å². The van der Waals surface area contributed by atoms with Gasteiger partial charge in [-0.2, -0.15) is 0 Å². The Hall–Kier alpha value is -0.580. The Labute approximate surface area is 106 Å². The lowest BCUT2D eigenvalue weighted by molar-refractivity contribution is -0.143. The number of aliphatic carboxylic acids is 1. The van der Waals surface area contributed by atoms with Crippen molar-refractivity contribution in [3.8, 4) is 0 Å². The van der Waals surface area contributed by atoms with Crippen molar-refractivity contribution in [3.63, 3.8) is 0 Å². The predicted molar refractivity (Wildman–Crippen MR) is 62.5 cm³/mol. The van der Waals surface area contributed by atoms with Crippen LogP contribution in [0.15, 0.2) is 6.07 Å². The van der Waals surface area contributed by atoms with Gasteiger partial charge in [0.15, 0.2) is 5.78 Å². The van der Waals surface area contributed by atoms with Crippen LogP contribution < -0.4 is 0 Å². The minimum absolute atomic E-state index is 0.177. The van der Waals surface area contributed by atoms with Crippen molar-refractivity contribution in [2.45, 2.75) is 13.3 Å². The zero-order valence-electron chi connectivity index (χ0n) is 8.29. The second kappa shape index (κ2) is 3.72. The summed E-state index contributed by atoms with van der Waals surface area (Å²) in [5.41, 5.74) is -0.917. The van der Waals surface area contributed by atoms with Crippen LogP contribution in [0.3, 0.4) is 0 Å². The molecule has 1 aromatic heterocycles. The Balaban J connectivity index is 2.20. The number of carbonyl (C=O) groups is 2. The van der Waals surface area contributed by atoms with Crippen molar-refractivity contribution in [2.75, 3.05) is 0 Å². The van der Waals surface area contributed by atoms with Gasteiger partial charge in [-0.25, -0.2) is 0 Å². The highest BCUT2D eigenvalue weighted by atomic mass is 35.5. The van der Waals surface area contributed by atoms with Crippen molar-refractivity contribution >= 4 is 46.3 Å². The van der Waals surface area contributed by atoms with Gasteiger partial charge in [-0.3, -0.25) is 9.59 Å². The summed E-state index contributed by atoms with van der Waals surface area (Å²) < 4.78 is 0.364. The molecule has 1 aliphatic rings. The van der Waals surface area contributed by atoms with E-state index in [9.17, 15) is 9.59 Å². The van der Waals surface area contributed by atoms with Crippen molar-refractivity contribution < 1.29 is 14.7 Å². The predicted octanol–water partition coefficient (Wildman–Crippen LogP) is 3.35. The highest BCUT2D eigenvalue weighted by molar-refractivity contribution is 7.18. The molecule has 0 spiro atoms. The van der Waals surface area contributed by atoms with E-state index >= 15 is 0 Å². The van der Waals surface area contributed by atoms with Gasteiger partial charge >= 0.3 is 5.97 Å². The zero-order valence-corrected chi connectivity index (χ0v) is 10.6. The highest BCUT2D eigenvalue weighted by Gasteiger charge is 2.60. The summed E-state index contributed by atoms with van der Waals surface area (Å²) in [6, 6.07) is 1.50. The summed E-state index contributed by atoms with van der Waals surface area (Å²) in [7, 11) is 0. The molecule has 86 valence electrons. The molecule has 0 saturated heterocycles. The second-order valence-corrected chi connectivity index (χ2v) is 6.14. The number of hydrogen-bond donors (Lipinski definition) is 1. The van der Waals surface area contributed by atoms with Crippen molar-refractivity contribution in [1.82, 2.24) is 0 Å². The molecule has 1 saturated carbocycles. The molecule has 0 aliphatic heterocycles. The van der Waals surface area contributed by atoms with Crippen LogP contribution in [-0.4, -0.2) is 16.9 Å². The van der Waals surface area contributed by atoms with Crippen LogP contribution in [0.4, 0.5) is 0 Å². The Bertz CT molecular complexity index is 463. The SMILES string of the molecule is CC1(C(=O)O)CC1C(=O)c1cc(Cl)c(Cl)s1. The molecule has 2 unspecified atom stereocenters. The first-order valence-electron chi connectivity index (χ1n) is 4.58. The van der Waals surface area contributed by atoms with Crippen LogP contribution >= 0.6 is 34.5 Å². The summed E-state index contributed by atoms with van der Waals surface area (Å²) in [5, 5.41) is 9.28. The van der Waals surface area contributed by atoms with E-state index in [0.717, 1.165) is 11.3 Å². The fraction of sp³-hybridized carbons (Fsp3) is 0.400. The van der Waals surface area contributed by atoms with E-state index in [-0.39, 0.29) is 5.78 Å². The molecular weight excluding hydrogens is 271 g/mol. The van der Waals surface area contributed by atoms with Gasteiger partial charge in [0, 0.05) is 5.92 Å². The number of ketones is 1. The maximum absolute atomic E-state index is 11.9.